The third-order valence-electron chi connectivity index (χ3n) is 2.90. The van der Waals surface area contributed by atoms with Crippen molar-refractivity contribution in [3.63, 3.8) is 0 Å². The maximum Gasteiger partial charge on any atom is 0.116 e. The highest BCUT2D eigenvalue weighted by Crippen LogP contribution is 2.40. The topological polar surface area (TPSA) is 37.8 Å². The van der Waals surface area contributed by atoms with Crippen LogP contribution < -0.4 is 5.32 Å². The molecule has 3 heterocycles. The molecule has 74 valence electrons. The van der Waals surface area contributed by atoms with Gasteiger partial charge in [0.2, 0.25) is 0 Å². The standard InChI is InChI=1S/C10H13N3S/c1-2-9(14-3-1)10-7-4-11-5-8(7)12-6-13-10/h6,9,11H,1-5H2. The van der Waals surface area contributed by atoms with Crippen molar-refractivity contribution in [1.29, 1.82) is 0 Å². The van der Waals surface area contributed by atoms with Crippen molar-refractivity contribution in [2.75, 3.05) is 5.75 Å². The summed E-state index contributed by atoms with van der Waals surface area (Å²) in [6.45, 7) is 1.88. The van der Waals surface area contributed by atoms with Crippen molar-refractivity contribution in [3.05, 3.63) is 23.3 Å². The Kier molecular flexibility index (Phi) is 2.18. The highest BCUT2D eigenvalue weighted by molar-refractivity contribution is 7.99. The van der Waals surface area contributed by atoms with Crippen LogP contribution in [0.2, 0.25) is 0 Å². The summed E-state index contributed by atoms with van der Waals surface area (Å²) in [5, 5.41) is 3.97. The molecule has 0 radical (unpaired) electrons. The fourth-order valence-electron chi connectivity index (χ4n) is 2.19. The second kappa shape index (κ2) is 3.51. The van der Waals surface area contributed by atoms with Crippen LogP contribution in [0.25, 0.3) is 0 Å². The molecule has 0 aliphatic carbocycles. The Balaban J connectivity index is 2.00. The summed E-state index contributed by atoms with van der Waals surface area (Å²) in [5.41, 5.74) is 3.87. The Hall–Kier alpha value is -0.610. The van der Waals surface area contributed by atoms with Crippen molar-refractivity contribution < 1.29 is 0 Å². The molecule has 1 fully saturated rings. The van der Waals surface area contributed by atoms with Gasteiger partial charge in [0.05, 0.1) is 11.4 Å². The molecule has 0 spiro atoms. The van der Waals surface area contributed by atoms with Crippen LogP contribution in [0, 0.1) is 0 Å². The lowest BCUT2D eigenvalue weighted by Gasteiger charge is -2.11. The second-order valence-corrected chi connectivity index (χ2v) is 5.10. The number of nitrogens with zero attached hydrogens (tertiary/aromatic N) is 2. The normalized spacial score (nSPS) is 25.3. The molecule has 4 heteroatoms. The molecule has 1 N–H and O–H groups in total. The zero-order valence-corrected chi connectivity index (χ0v) is 8.81. The van der Waals surface area contributed by atoms with E-state index in [9.17, 15) is 0 Å². The highest BCUT2D eigenvalue weighted by Gasteiger charge is 2.25. The van der Waals surface area contributed by atoms with E-state index in [2.05, 4.69) is 15.3 Å². The van der Waals surface area contributed by atoms with Crippen LogP contribution in [0.5, 0.6) is 0 Å². The van der Waals surface area contributed by atoms with Crippen molar-refractivity contribution in [2.45, 2.75) is 31.2 Å². The van der Waals surface area contributed by atoms with Gasteiger partial charge in [0, 0.05) is 23.9 Å². The Morgan fingerprint density at radius 1 is 1.36 bits per heavy atom. The molecule has 0 amide bonds. The summed E-state index contributed by atoms with van der Waals surface area (Å²) in [6.07, 6.45) is 4.34. The maximum absolute atomic E-state index is 4.46. The van der Waals surface area contributed by atoms with Gasteiger partial charge in [0.15, 0.2) is 0 Å². The van der Waals surface area contributed by atoms with Gasteiger partial charge in [-0.25, -0.2) is 9.97 Å². The molecule has 0 bridgehead atoms. The molecule has 2 aliphatic heterocycles. The molecule has 2 aliphatic rings. The highest BCUT2D eigenvalue weighted by atomic mass is 32.2. The molecule has 1 aromatic heterocycles. The van der Waals surface area contributed by atoms with E-state index in [-0.39, 0.29) is 0 Å². The van der Waals surface area contributed by atoms with Gasteiger partial charge in [-0.15, -0.1) is 0 Å². The smallest absolute Gasteiger partial charge is 0.116 e. The van der Waals surface area contributed by atoms with E-state index in [1.165, 1.54) is 35.5 Å². The van der Waals surface area contributed by atoms with Gasteiger partial charge in [0.1, 0.15) is 6.33 Å². The lowest BCUT2D eigenvalue weighted by atomic mass is 10.1. The summed E-state index contributed by atoms with van der Waals surface area (Å²) in [4.78, 5) is 8.77. The molecule has 1 aromatic rings. The average molecular weight is 207 g/mol. The first-order valence-electron chi connectivity index (χ1n) is 5.10. The van der Waals surface area contributed by atoms with E-state index < -0.39 is 0 Å². The minimum atomic E-state index is 0.631. The van der Waals surface area contributed by atoms with Gasteiger partial charge in [-0.05, 0) is 18.6 Å². The number of hydrogen-bond acceptors (Lipinski definition) is 4. The maximum atomic E-state index is 4.46. The van der Waals surface area contributed by atoms with Crippen LogP contribution in [0.15, 0.2) is 6.33 Å². The summed E-state index contributed by atoms with van der Waals surface area (Å²) in [7, 11) is 0. The second-order valence-electron chi connectivity index (χ2n) is 3.79. The van der Waals surface area contributed by atoms with E-state index in [1.54, 1.807) is 6.33 Å². The molecular formula is C10H13N3S. The number of aromatic nitrogens is 2. The zero-order valence-electron chi connectivity index (χ0n) is 7.99. The fraction of sp³-hybridized carbons (Fsp3) is 0.600. The summed E-state index contributed by atoms with van der Waals surface area (Å²) >= 11 is 2.04. The molecule has 0 aromatic carbocycles. The quantitative estimate of drug-likeness (QED) is 0.760. The molecule has 14 heavy (non-hydrogen) atoms. The number of nitrogens with one attached hydrogen (secondary N) is 1. The predicted octanol–water partition coefficient (Wildman–Crippen LogP) is 1.65. The largest absolute Gasteiger partial charge is 0.307 e. The van der Waals surface area contributed by atoms with Gasteiger partial charge in [-0.1, -0.05) is 0 Å². The van der Waals surface area contributed by atoms with Crippen LogP contribution in [0.4, 0.5) is 0 Å². The molecule has 0 saturated carbocycles. The molecule has 1 atom stereocenters. The van der Waals surface area contributed by atoms with Gasteiger partial charge in [-0.3, -0.25) is 0 Å². The predicted molar refractivity (Wildman–Crippen MR) is 57.0 cm³/mol. The fourth-order valence-corrected chi connectivity index (χ4v) is 3.50. The Morgan fingerprint density at radius 2 is 2.36 bits per heavy atom. The third kappa shape index (κ3) is 1.33. The lowest BCUT2D eigenvalue weighted by Crippen LogP contribution is -2.03. The Bertz CT molecular complexity index is 347. The van der Waals surface area contributed by atoms with Crippen molar-refractivity contribution in [2.24, 2.45) is 0 Å². The molecular weight excluding hydrogens is 194 g/mol. The minimum Gasteiger partial charge on any atom is -0.307 e. The SMILES string of the molecule is c1nc2c(c(C3CCCS3)n1)CNC2. The van der Waals surface area contributed by atoms with Crippen LogP contribution in [-0.2, 0) is 13.1 Å². The van der Waals surface area contributed by atoms with Gasteiger partial charge in [0.25, 0.3) is 0 Å². The third-order valence-corrected chi connectivity index (χ3v) is 4.28. The number of hydrogen-bond donors (Lipinski definition) is 1. The van der Waals surface area contributed by atoms with E-state index in [0.717, 1.165) is 13.1 Å². The minimum absolute atomic E-state index is 0.631. The Morgan fingerprint density at radius 3 is 3.21 bits per heavy atom. The molecule has 1 saturated heterocycles. The summed E-state index contributed by atoms with van der Waals surface area (Å²) < 4.78 is 0. The molecule has 1 unspecified atom stereocenters. The van der Waals surface area contributed by atoms with Crippen molar-refractivity contribution in [3.8, 4) is 0 Å². The van der Waals surface area contributed by atoms with Crippen LogP contribution in [0.3, 0.4) is 0 Å². The van der Waals surface area contributed by atoms with Crippen molar-refractivity contribution in [1.82, 2.24) is 15.3 Å². The number of thioether (sulfide) groups is 1. The van der Waals surface area contributed by atoms with E-state index in [4.69, 9.17) is 0 Å². The first-order chi connectivity index (χ1) is 6.95. The van der Waals surface area contributed by atoms with Crippen molar-refractivity contribution >= 4 is 11.8 Å². The van der Waals surface area contributed by atoms with Gasteiger partial charge < -0.3 is 5.32 Å². The number of fused-ring (bicyclic) bond motifs is 1. The van der Waals surface area contributed by atoms with Crippen LogP contribution in [0.1, 0.15) is 35.0 Å². The molecule has 3 rings (SSSR count). The summed E-state index contributed by atoms with van der Waals surface area (Å²) in [6, 6.07) is 0. The van der Waals surface area contributed by atoms with E-state index in [1.807, 2.05) is 11.8 Å². The monoisotopic (exact) mass is 207 g/mol. The number of rotatable bonds is 1. The Labute approximate surface area is 87.7 Å². The van der Waals surface area contributed by atoms with Crippen LogP contribution in [-0.4, -0.2) is 15.7 Å². The first kappa shape index (κ1) is 8.68. The lowest BCUT2D eigenvalue weighted by molar-refractivity contribution is 0.749. The van der Waals surface area contributed by atoms with Gasteiger partial charge in [-0.2, -0.15) is 11.8 Å². The molecule has 3 nitrogen and oxygen atoms in total. The van der Waals surface area contributed by atoms with E-state index in [0.29, 0.717) is 5.25 Å². The average Bonchev–Trinajstić information content (AvgIpc) is 2.88. The van der Waals surface area contributed by atoms with Crippen LogP contribution >= 0.6 is 11.8 Å². The van der Waals surface area contributed by atoms with E-state index >= 15 is 0 Å². The zero-order chi connectivity index (χ0) is 9.38. The first-order valence-corrected chi connectivity index (χ1v) is 6.15. The van der Waals surface area contributed by atoms with Gasteiger partial charge >= 0.3 is 0 Å². The summed E-state index contributed by atoms with van der Waals surface area (Å²) in [5.74, 6) is 1.29.